The van der Waals surface area contributed by atoms with Crippen LogP contribution in [0.3, 0.4) is 0 Å². The summed E-state index contributed by atoms with van der Waals surface area (Å²) in [6, 6.07) is 0.492. The second-order valence-corrected chi connectivity index (χ2v) is 8.81. The molecule has 4 bridgehead atoms. The summed E-state index contributed by atoms with van der Waals surface area (Å²) in [6.07, 6.45) is 8.70. The molecule has 4 aliphatic carbocycles. The summed E-state index contributed by atoms with van der Waals surface area (Å²) >= 11 is 0. The Balaban J connectivity index is 1.78. The SMILES string of the molecule is CCS(=O)CC(NC)C12CC3CC(CC(C3)C1)C2. The van der Waals surface area contributed by atoms with Crippen molar-refractivity contribution in [2.75, 3.05) is 18.6 Å². The second-order valence-electron chi connectivity index (χ2n) is 7.02. The maximum Gasteiger partial charge on any atom is 0.0393 e. The molecule has 2 unspecified atom stereocenters. The van der Waals surface area contributed by atoms with Crippen LogP contribution in [0.15, 0.2) is 0 Å². The quantitative estimate of drug-likeness (QED) is 0.831. The Morgan fingerprint density at radius 2 is 1.67 bits per heavy atom. The van der Waals surface area contributed by atoms with Crippen LogP contribution in [-0.2, 0) is 10.8 Å². The Labute approximate surface area is 114 Å². The standard InChI is InChI=1S/C15H27NOS/c1-3-18(17)10-14(16-2)15-7-11-4-12(8-15)6-13(5-11)9-15/h11-14,16H,3-10H2,1-2H3. The number of hydrogen-bond donors (Lipinski definition) is 1. The molecule has 2 atom stereocenters. The zero-order valence-corrected chi connectivity index (χ0v) is 12.6. The molecule has 0 aromatic heterocycles. The average molecular weight is 269 g/mol. The second kappa shape index (κ2) is 4.90. The van der Waals surface area contributed by atoms with E-state index in [-0.39, 0.29) is 0 Å². The first-order valence-corrected chi connectivity index (χ1v) is 9.16. The van der Waals surface area contributed by atoms with E-state index < -0.39 is 10.8 Å². The predicted molar refractivity (Wildman–Crippen MR) is 77.0 cm³/mol. The van der Waals surface area contributed by atoms with Crippen LogP contribution < -0.4 is 5.32 Å². The normalized spacial score (nSPS) is 45.1. The molecule has 1 N–H and O–H groups in total. The minimum atomic E-state index is -0.632. The molecular formula is C15H27NOS. The monoisotopic (exact) mass is 269 g/mol. The molecule has 2 nitrogen and oxygen atoms in total. The van der Waals surface area contributed by atoms with E-state index in [1.807, 2.05) is 6.92 Å². The lowest BCUT2D eigenvalue weighted by molar-refractivity contribution is -0.0683. The van der Waals surface area contributed by atoms with Crippen LogP contribution >= 0.6 is 0 Å². The summed E-state index contributed by atoms with van der Waals surface area (Å²) in [5.41, 5.74) is 0.494. The lowest BCUT2D eigenvalue weighted by Crippen LogP contribution is -2.57. The summed E-state index contributed by atoms with van der Waals surface area (Å²) in [4.78, 5) is 0. The molecule has 4 aliphatic rings. The maximum absolute atomic E-state index is 11.9. The first kappa shape index (κ1) is 13.1. The van der Waals surface area contributed by atoms with E-state index in [9.17, 15) is 4.21 Å². The lowest BCUT2D eigenvalue weighted by atomic mass is 9.48. The first-order valence-electron chi connectivity index (χ1n) is 7.67. The van der Waals surface area contributed by atoms with Crippen molar-refractivity contribution in [3.8, 4) is 0 Å². The molecule has 4 rings (SSSR count). The highest BCUT2D eigenvalue weighted by Crippen LogP contribution is 2.61. The Kier molecular flexibility index (Phi) is 3.57. The molecule has 3 heteroatoms. The van der Waals surface area contributed by atoms with Gasteiger partial charge in [0.25, 0.3) is 0 Å². The molecule has 4 fully saturated rings. The summed E-state index contributed by atoms with van der Waals surface area (Å²) in [7, 11) is 1.45. The summed E-state index contributed by atoms with van der Waals surface area (Å²) in [5.74, 6) is 4.65. The van der Waals surface area contributed by atoms with Crippen LogP contribution in [0, 0.1) is 23.2 Å². The van der Waals surface area contributed by atoms with Crippen molar-refractivity contribution in [1.29, 1.82) is 0 Å². The van der Waals surface area contributed by atoms with Gasteiger partial charge in [-0.3, -0.25) is 4.21 Å². The number of nitrogens with one attached hydrogen (secondary N) is 1. The zero-order chi connectivity index (χ0) is 12.8. The molecule has 0 aliphatic heterocycles. The van der Waals surface area contributed by atoms with Crippen LogP contribution in [0.5, 0.6) is 0 Å². The molecule has 0 radical (unpaired) electrons. The van der Waals surface area contributed by atoms with E-state index in [4.69, 9.17) is 0 Å². The molecular weight excluding hydrogens is 242 g/mol. The van der Waals surface area contributed by atoms with E-state index in [0.29, 0.717) is 11.5 Å². The molecule has 0 heterocycles. The molecule has 0 spiro atoms. The number of hydrogen-bond acceptors (Lipinski definition) is 2. The Bertz CT molecular complexity index is 306. The fourth-order valence-corrected chi connectivity index (χ4v) is 6.60. The van der Waals surface area contributed by atoms with Gasteiger partial charge in [0.1, 0.15) is 0 Å². The van der Waals surface area contributed by atoms with E-state index in [0.717, 1.165) is 29.3 Å². The molecule has 18 heavy (non-hydrogen) atoms. The molecule has 0 aromatic carbocycles. The van der Waals surface area contributed by atoms with Crippen molar-refractivity contribution in [2.24, 2.45) is 23.2 Å². The average Bonchev–Trinajstić information content (AvgIpc) is 2.33. The van der Waals surface area contributed by atoms with Crippen molar-refractivity contribution in [2.45, 2.75) is 51.5 Å². The fraction of sp³-hybridized carbons (Fsp3) is 1.00. The summed E-state index contributed by atoms with van der Waals surface area (Å²) < 4.78 is 11.9. The van der Waals surface area contributed by atoms with Crippen molar-refractivity contribution in [1.82, 2.24) is 5.32 Å². The zero-order valence-electron chi connectivity index (χ0n) is 11.8. The van der Waals surface area contributed by atoms with Crippen molar-refractivity contribution in [3.05, 3.63) is 0 Å². The fourth-order valence-electron chi connectivity index (χ4n) is 5.47. The van der Waals surface area contributed by atoms with Gasteiger partial charge in [0.2, 0.25) is 0 Å². The summed E-state index contributed by atoms with van der Waals surface area (Å²) in [6.45, 7) is 2.04. The maximum atomic E-state index is 11.9. The third kappa shape index (κ3) is 2.18. The minimum absolute atomic E-state index is 0.492. The van der Waals surface area contributed by atoms with E-state index >= 15 is 0 Å². The van der Waals surface area contributed by atoms with Crippen molar-refractivity contribution >= 4 is 10.8 Å². The van der Waals surface area contributed by atoms with Gasteiger partial charge < -0.3 is 5.32 Å². The Morgan fingerprint density at radius 1 is 1.17 bits per heavy atom. The van der Waals surface area contributed by atoms with Gasteiger partial charge in [-0.15, -0.1) is 0 Å². The largest absolute Gasteiger partial charge is 0.316 e. The highest BCUT2D eigenvalue weighted by molar-refractivity contribution is 7.85. The number of rotatable bonds is 5. The molecule has 0 aromatic rings. The molecule has 104 valence electrons. The highest BCUT2D eigenvalue weighted by Gasteiger charge is 2.53. The Hall–Kier alpha value is 0.110. The Morgan fingerprint density at radius 3 is 2.06 bits per heavy atom. The van der Waals surface area contributed by atoms with Gasteiger partial charge in [-0.25, -0.2) is 0 Å². The third-order valence-electron chi connectivity index (χ3n) is 5.85. The van der Waals surface area contributed by atoms with Gasteiger partial charge in [-0.1, -0.05) is 6.92 Å². The van der Waals surface area contributed by atoms with Gasteiger partial charge in [0.05, 0.1) is 0 Å². The van der Waals surface area contributed by atoms with Crippen molar-refractivity contribution < 1.29 is 4.21 Å². The van der Waals surface area contributed by atoms with E-state index in [2.05, 4.69) is 12.4 Å². The first-order chi connectivity index (χ1) is 8.65. The van der Waals surface area contributed by atoms with Crippen LogP contribution in [-0.4, -0.2) is 28.8 Å². The molecule has 4 saturated carbocycles. The van der Waals surface area contributed by atoms with Gasteiger partial charge in [0.15, 0.2) is 0 Å². The van der Waals surface area contributed by atoms with Crippen LogP contribution in [0.2, 0.25) is 0 Å². The van der Waals surface area contributed by atoms with E-state index in [1.165, 1.54) is 38.5 Å². The highest BCUT2D eigenvalue weighted by atomic mass is 32.2. The van der Waals surface area contributed by atoms with Gasteiger partial charge >= 0.3 is 0 Å². The summed E-state index contributed by atoms with van der Waals surface area (Å²) in [5, 5.41) is 3.53. The topological polar surface area (TPSA) is 29.1 Å². The minimum Gasteiger partial charge on any atom is -0.316 e. The third-order valence-corrected chi connectivity index (χ3v) is 7.20. The van der Waals surface area contributed by atoms with Crippen LogP contribution in [0.4, 0.5) is 0 Å². The molecule has 0 saturated heterocycles. The molecule has 0 amide bonds. The van der Waals surface area contributed by atoms with Gasteiger partial charge in [0, 0.05) is 28.3 Å². The lowest BCUT2D eigenvalue weighted by Gasteiger charge is -2.59. The van der Waals surface area contributed by atoms with Crippen LogP contribution in [0.25, 0.3) is 0 Å². The van der Waals surface area contributed by atoms with E-state index in [1.54, 1.807) is 0 Å². The predicted octanol–water partition coefficient (Wildman–Crippen LogP) is 2.56. The smallest absolute Gasteiger partial charge is 0.0393 e. The van der Waals surface area contributed by atoms with Crippen molar-refractivity contribution in [3.63, 3.8) is 0 Å². The van der Waals surface area contributed by atoms with Crippen LogP contribution in [0.1, 0.15) is 45.4 Å². The van der Waals surface area contributed by atoms with Gasteiger partial charge in [-0.05, 0) is 68.7 Å². The van der Waals surface area contributed by atoms with Gasteiger partial charge in [-0.2, -0.15) is 0 Å².